The molecule has 27 heavy (non-hydrogen) atoms. The summed E-state index contributed by atoms with van der Waals surface area (Å²) in [6.45, 7) is 5.43. The molecule has 0 radical (unpaired) electrons. The summed E-state index contributed by atoms with van der Waals surface area (Å²) in [5.41, 5.74) is 0.196. The van der Waals surface area contributed by atoms with E-state index in [-0.39, 0.29) is 35.4 Å². The second-order valence-electron chi connectivity index (χ2n) is 7.29. The van der Waals surface area contributed by atoms with Crippen molar-refractivity contribution in [3.63, 3.8) is 0 Å². The van der Waals surface area contributed by atoms with Gasteiger partial charge in [-0.2, -0.15) is 0 Å². The van der Waals surface area contributed by atoms with Crippen LogP contribution in [0.15, 0.2) is 16.9 Å². The normalized spacial score (nSPS) is 22.8. The zero-order chi connectivity index (χ0) is 19.4. The number of nitrogens with zero attached hydrogens (tertiary/aromatic N) is 3. The van der Waals surface area contributed by atoms with Gasteiger partial charge >= 0.3 is 0 Å². The molecule has 2 atom stereocenters. The van der Waals surface area contributed by atoms with Crippen LogP contribution in [0, 0.1) is 5.92 Å². The first-order valence-electron chi connectivity index (χ1n) is 9.85. The van der Waals surface area contributed by atoms with Crippen LogP contribution in [0.3, 0.4) is 0 Å². The predicted molar refractivity (Wildman–Crippen MR) is 97.8 cm³/mol. The van der Waals surface area contributed by atoms with Gasteiger partial charge in [0.05, 0.1) is 0 Å². The fraction of sp³-hybridized carbons (Fsp3) is 0.684. The third-order valence-electron chi connectivity index (χ3n) is 5.65. The molecule has 2 heterocycles. The smallest absolute Gasteiger partial charge is 0.273 e. The first-order valence-corrected chi connectivity index (χ1v) is 9.85. The maximum absolute atomic E-state index is 13.0. The van der Waals surface area contributed by atoms with Gasteiger partial charge in [-0.05, 0) is 33.1 Å². The lowest BCUT2D eigenvalue weighted by Gasteiger charge is -2.30. The zero-order valence-electron chi connectivity index (χ0n) is 16.0. The van der Waals surface area contributed by atoms with Crippen LogP contribution in [0.5, 0.6) is 0 Å². The van der Waals surface area contributed by atoms with Crippen molar-refractivity contribution in [3.05, 3.63) is 18.0 Å². The van der Waals surface area contributed by atoms with E-state index in [4.69, 9.17) is 4.52 Å². The maximum atomic E-state index is 13.0. The Labute approximate surface area is 159 Å². The summed E-state index contributed by atoms with van der Waals surface area (Å²) in [5.74, 6) is -0.333. The molecule has 0 bridgehead atoms. The van der Waals surface area contributed by atoms with Gasteiger partial charge in [-0.1, -0.05) is 18.0 Å². The molecule has 8 heteroatoms. The highest BCUT2D eigenvalue weighted by molar-refractivity contribution is 5.93. The molecule has 1 saturated carbocycles. The summed E-state index contributed by atoms with van der Waals surface area (Å²) in [7, 11) is 0. The Balaban J connectivity index is 1.74. The highest BCUT2D eigenvalue weighted by atomic mass is 16.5. The van der Waals surface area contributed by atoms with E-state index in [0.717, 1.165) is 25.7 Å². The summed E-state index contributed by atoms with van der Waals surface area (Å²) in [5, 5.41) is 6.53. The highest BCUT2D eigenvalue weighted by Gasteiger charge is 2.43. The Morgan fingerprint density at radius 2 is 1.96 bits per heavy atom. The van der Waals surface area contributed by atoms with Crippen molar-refractivity contribution in [2.75, 3.05) is 19.6 Å². The van der Waals surface area contributed by atoms with Gasteiger partial charge in [0, 0.05) is 37.7 Å². The number of amides is 3. The van der Waals surface area contributed by atoms with Crippen molar-refractivity contribution in [2.24, 2.45) is 5.92 Å². The zero-order valence-corrected chi connectivity index (χ0v) is 16.0. The first kappa shape index (κ1) is 19.4. The van der Waals surface area contributed by atoms with E-state index < -0.39 is 6.04 Å². The summed E-state index contributed by atoms with van der Waals surface area (Å²) in [6.07, 6.45) is 5.66. The van der Waals surface area contributed by atoms with Crippen LogP contribution in [-0.4, -0.2) is 64.4 Å². The number of nitrogens with one attached hydrogen (secondary N) is 1. The highest BCUT2D eigenvalue weighted by Crippen LogP contribution is 2.30. The molecule has 2 fully saturated rings. The Bertz CT molecular complexity index is 643. The molecule has 1 aromatic rings. The SMILES string of the molecule is CCN(CC)C(=O)[C@@H]1C[C@@H](NC(=O)c2ccon2)CN1C(=O)C1CCCC1. The lowest BCUT2D eigenvalue weighted by Crippen LogP contribution is -2.49. The predicted octanol–water partition coefficient (Wildman–Crippen LogP) is 1.43. The van der Waals surface area contributed by atoms with Crippen molar-refractivity contribution >= 4 is 17.7 Å². The second kappa shape index (κ2) is 8.54. The summed E-state index contributed by atoms with van der Waals surface area (Å²) in [4.78, 5) is 41.8. The van der Waals surface area contributed by atoms with E-state index in [0.29, 0.717) is 26.1 Å². The van der Waals surface area contributed by atoms with Crippen LogP contribution in [0.1, 0.15) is 56.4 Å². The van der Waals surface area contributed by atoms with Crippen LogP contribution < -0.4 is 5.32 Å². The van der Waals surface area contributed by atoms with Crippen molar-refractivity contribution in [2.45, 2.75) is 58.0 Å². The molecule has 0 spiro atoms. The van der Waals surface area contributed by atoms with Gasteiger partial charge in [-0.3, -0.25) is 14.4 Å². The fourth-order valence-corrected chi connectivity index (χ4v) is 4.16. The monoisotopic (exact) mass is 376 g/mol. The number of aromatic nitrogens is 1. The maximum Gasteiger partial charge on any atom is 0.273 e. The van der Waals surface area contributed by atoms with Gasteiger partial charge in [-0.15, -0.1) is 0 Å². The Morgan fingerprint density at radius 1 is 1.26 bits per heavy atom. The summed E-state index contributed by atoms with van der Waals surface area (Å²) < 4.78 is 4.71. The van der Waals surface area contributed by atoms with Gasteiger partial charge < -0.3 is 19.6 Å². The van der Waals surface area contributed by atoms with Gasteiger partial charge in [0.15, 0.2) is 5.69 Å². The number of likely N-dealkylation sites (N-methyl/N-ethyl adjacent to an activating group) is 1. The van der Waals surface area contributed by atoms with Gasteiger partial charge in [0.2, 0.25) is 11.8 Å². The molecule has 8 nitrogen and oxygen atoms in total. The van der Waals surface area contributed by atoms with E-state index >= 15 is 0 Å². The van der Waals surface area contributed by atoms with E-state index in [1.165, 1.54) is 12.3 Å². The minimum absolute atomic E-state index is 0.00185. The van der Waals surface area contributed by atoms with E-state index in [1.54, 1.807) is 9.80 Å². The molecule has 1 aromatic heterocycles. The van der Waals surface area contributed by atoms with Crippen LogP contribution in [-0.2, 0) is 9.59 Å². The van der Waals surface area contributed by atoms with Crippen LogP contribution in [0.25, 0.3) is 0 Å². The number of carbonyl (C=O) groups excluding carboxylic acids is 3. The van der Waals surface area contributed by atoms with Crippen molar-refractivity contribution in [1.29, 1.82) is 0 Å². The lowest BCUT2D eigenvalue weighted by molar-refractivity contribution is -0.145. The molecule has 148 valence electrons. The number of hydrogen-bond donors (Lipinski definition) is 1. The van der Waals surface area contributed by atoms with E-state index in [1.807, 2.05) is 13.8 Å². The van der Waals surface area contributed by atoms with Crippen molar-refractivity contribution < 1.29 is 18.9 Å². The van der Waals surface area contributed by atoms with Gasteiger partial charge in [-0.25, -0.2) is 0 Å². The summed E-state index contributed by atoms with van der Waals surface area (Å²) >= 11 is 0. The van der Waals surface area contributed by atoms with Crippen molar-refractivity contribution in [1.82, 2.24) is 20.3 Å². The molecule has 1 aliphatic heterocycles. The van der Waals surface area contributed by atoms with Gasteiger partial charge in [0.1, 0.15) is 12.3 Å². The Kier molecular flexibility index (Phi) is 6.13. The second-order valence-corrected chi connectivity index (χ2v) is 7.29. The molecule has 1 N–H and O–H groups in total. The molecule has 1 aliphatic carbocycles. The third-order valence-corrected chi connectivity index (χ3v) is 5.65. The minimum atomic E-state index is -0.513. The van der Waals surface area contributed by atoms with Crippen LogP contribution >= 0.6 is 0 Å². The number of likely N-dealkylation sites (tertiary alicyclic amines) is 1. The minimum Gasteiger partial charge on any atom is -0.364 e. The average molecular weight is 376 g/mol. The molecule has 3 rings (SSSR count). The summed E-state index contributed by atoms with van der Waals surface area (Å²) in [6, 6.07) is 0.703. The quantitative estimate of drug-likeness (QED) is 0.810. The number of hydrogen-bond acceptors (Lipinski definition) is 5. The average Bonchev–Trinajstić information content (AvgIpc) is 3.42. The van der Waals surface area contributed by atoms with E-state index in [2.05, 4.69) is 10.5 Å². The standard InChI is InChI=1S/C19H28N4O4/c1-3-22(4-2)19(26)16-11-14(20-17(24)15-9-10-27-21-15)12-23(16)18(25)13-7-5-6-8-13/h9-10,13-14,16H,3-8,11-12H2,1-2H3,(H,20,24)/t14-,16+/m1/s1. The third kappa shape index (κ3) is 4.14. The first-order chi connectivity index (χ1) is 13.0. The van der Waals surface area contributed by atoms with Crippen molar-refractivity contribution in [3.8, 4) is 0 Å². The lowest BCUT2D eigenvalue weighted by atomic mass is 10.1. The molecule has 1 saturated heterocycles. The largest absolute Gasteiger partial charge is 0.364 e. The van der Waals surface area contributed by atoms with Crippen LogP contribution in [0.4, 0.5) is 0 Å². The fourth-order valence-electron chi connectivity index (χ4n) is 4.16. The molecule has 2 aliphatic rings. The number of rotatable bonds is 6. The van der Waals surface area contributed by atoms with E-state index in [9.17, 15) is 14.4 Å². The number of carbonyl (C=O) groups is 3. The van der Waals surface area contributed by atoms with Crippen LogP contribution in [0.2, 0.25) is 0 Å². The molecule has 0 unspecified atom stereocenters. The Morgan fingerprint density at radius 3 is 2.56 bits per heavy atom. The molecule has 0 aromatic carbocycles. The Hall–Kier alpha value is -2.38. The molecular weight excluding hydrogens is 348 g/mol. The molecular formula is C19H28N4O4. The van der Waals surface area contributed by atoms with Gasteiger partial charge in [0.25, 0.3) is 5.91 Å². The topological polar surface area (TPSA) is 95.8 Å². The molecule has 3 amide bonds.